The molecular weight excluding hydrogens is 116 g/mol. The van der Waals surface area contributed by atoms with E-state index in [4.69, 9.17) is 0 Å². The Labute approximate surface area is 57.1 Å². The summed E-state index contributed by atoms with van der Waals surface area (Å²) in [6.07, 6.45) is 7.78. The highest BCUT2D eigenvalue weighted by molar-refractivity contribution is 7.98. The first kappa shape index (κ1) is 8.35. The fourth-order valence-electron chi connectivity index (χ4n) is 0.673. The molecule has 50 valence electrons. The number of unbranched alkanes of at least 4 members (excludes halogenated alkanes) is 3. The Morgan fingerprint density at radius 2 is 1.88 bits per heavy atom. The average molecular weight is 132 g/mol. The maximum absolute atomic E-state index is 2.25. The molecule has 0 amide bonds. The second-order valence-corrected chi connectivity index (χ2v) is 3.04. The van der Waals surface area contributed by atoms with Gasteiger partial charge in [0.05, 0.1) is 0 Å². The van der Waals surface area contributed by atoms with Crippen molar-refractivity contribution in [3.8, 4) is 0 Å². The van der Waals surface area contributed by atoms with Crippen LogP contribution in [0.4, 0.5) is 0 Å². The zero-order valence-electron chi connectivity index (χ0n) is 5.94. The molecule has 0 atom stereocenters. The molecule has 0 saturated carbocycles. The van der Waals surface area contributed by atoms with Crippen LogP contribution in [0.3, 0.4) is 0 Å². The lowest BCUT2D eigenvalue weighted by Crippen LogP contribution is -1.77. The lowest BCUT2D eigenvalue weighted by Gasteiger charge is -1.93. The number of rotatable bonds is 5. The molecule has 8 heavy (non-hydrogen) atoms. The van der Waals surface area contributed by atoms with Gasteiger partial charge >= 0.3 is 0 Å². The van der Waals surface area contributed by atoms with Crippen LogP contribution in [-0.2, 0) is 0 Å². The molecule has 0 aliphatic carbocycles. The molecule has 0 radical (unpaired) electrons. The Morgan fingerprint density at radius 3 is 2.38 bits per heavy atom. The van der Waals surface area contributed by atoms with Gasteiger partial charge in [-0.25, -0.2) is 0 Å². The van der Waals surface area contributed by atoms with Gasteiger partial charge in [0.1, 0.15) is 0 Å². The average Bonchev–Trinajstić information content (AvgIpc) is 1.81. The molecule has 1 heteroatoms. The smallest absolute Gasteiger partial charge is 0.00703 e. The lowest BCUT2D eigenvalue weighted by molar-refractivity contribution is 0.707. The van der Waals surface area contributed by atoms with Crippen LogP contribution >= 0.6 is 11.8 Å². The van der Waals surface area contributed by atoms with Crippen LogP contribution in [-0.4, -0.2) is 12.0 Å². The summed E-state index contributed by atoms with van der Waals surface area (Å²) in [6, 6.07) is 0. The third-order valence-electron chi connectivity index (χ3n) is 1.20. The largest absolute Gasteiger partial charge is 0.165 e. The van der Waals surface area contributed by atoms with E-state index in [9.17, 15) is 0 Å². The van der Waals surface area contributed by atoms with Gasteiger partial charge in [-0.2, -0.15) is 11.8 Å². The lowest BCUT2D eigenvalue weighted by atomic mass is 10.2. The van der Waals surface area contributed by atoms with Crippen molar-refractivity contribution in [1.82, 2.24) is 0 Å². The predicted octanol–water partition coefficient (Wildman–Crippen LogP) is 2.93. The van der Waals surface area contributed by atoms with Gasteiger partial charge in [-0.3, -0.25) is 0 Å². The Balaban J connectivity index is 2.53. The van der Waals surface area contributed by atoms with Gasteiger partial charge in [0, 0.05) is 0 Å². The summed E-state index contributed by atoms with van der Waals surface area (Å²) in [5, 5.41) is 0. The molecule has 0 aromatic carbocycles. The van der Waals surface area contributed by atoms with E-state index in [-0.39, 0.29) is 0 Å². The molecule has 0 aromatic heterocycles. The SMILES string of the molecule is CCCCCCSC. The Morgan fingerprint density at radius 1 is 1.12 bits per heavy atom. The van der Waals surface area contributed by atoms with E-state index in [1.165, 1.54) is 31.4 Å². The second-order valence-electron chi connectivity index (χ2n) is 2.05. The summed E-state index contributed by atoms with van der Waals surface area (Å²) in [4.78, 5) is 0. The van der Waals surface area contributed by atoms with Crippen LogP contribution in [0, 0.1) is 0 Å². The monoisotopic (exact) mass is 132 g/mol. The highest BCUT2D eigenvalue weighted by atomic mass is 32.2. The number of thioether (sulfide) groups is 1. The van der Waals surface area contributed by atoms with Crippen molar-refractivity contribution in [2.45, 2.75) is 32.6 Å². The van der Waals surface area contributed by atoms with Crippen molar-refractivity contribution < 1.29 is 0 Å². The molecule has 0 bridgehead atoms. The van der Waals surface area contributed by atoms with Crippen molar-refractivity contribution >= 4 is 11.8 Å². The van der Waals surface area contributed by atoms with E-state index in [0.717, 1.165) is 0 Å². The van der Waals surface area contributed by atoms with Crippen LogP contribution in [0.5, 0.6) is 0 Å². The third-order valence-corrected chi connectivity index (χ3v) is 1.90. The summed E-state index contributed by atoms with van der Waals surface area (Å²) < 4.78 is 0. The molecule has 0 aliphatic heterocycles. The van der Waals surface area contributed by atoms with Crippen molar-refractivity contribution in [2.24, 2.45) is 0 Å². The van der Waals surface area contributed by atoms with Crippen molar-refractivity contribution in [2.75, 3.05) is 12.0 Å². The van der Waals surface area contributed by atoms with Crippen molar-refractivity contribution in [1.29, 1.82) is 0 Å². The minimum Gasteiger partial charge on any atom is -0.165 e. The van der Waals surface area contributed by atoms with Gasteiger partial charge in [-0.15, -0.1) is 0 Å². The molecule has 0 unspecified atom stereocenters. The summed E-state index contributed by atoms with van der Waals surface area (Å²) in [6.45, 7) is 2.25. The van der Waals surface area contributed by atoms with Gasteiger partial charge < -0.3 is 0 Å². The van der Waals surface area contributed by atoms with Crippen LogP contribution in [0.2, 0.25) is 0 Å². The minimum absolute atomic E-state index is 1.35. The van der Waals surface area contributed by atoms with Crippen LogP contribution in [0.1, 0.15) is 32.6 Å². The maximum atomic E-state index is 2.25. The first-order valence-corrected chi connectivity index (χ1v) is 4.80. The number of hydrogen-bond donors (Lipinski definition) is 0. The third kappa shape index (κ3) is 6.35. The van der Waals surface area contributed by atoms with E-state index in [0.29, 0.717) is 0 Å². The fourth-order valence-corrected chi connectivity index (χ4v) is 1.17. The van der Waals surface area contributed by atoms with E-state index in [2.05, 4.69) is 13.2 Å². The molecule has 0 saturated heterocycles. The van der Waals surface area contributed by atoms with E-state index >= 15 is 0 Å². The second kappa shape index (κ2) is 7.35. The molecule has 0 fully saturated rings. The van der Waals surface area contributed by atoms with Crippen LogP contribution < -0.4 is 0 Å². The van der Waals surface area contributed by atoms with Gasteiger partial charge in [0.15, 0.2) is 0 Å². The van der Waals surface area contributed by atoms with E-state index in [1.807, 2.05) is 11.8 Å². The highest BCUT2D eigenvalue weighted by Crippen LogP contribution is 2.03. The standard InChI is InChI=1S/C7H16S/c1-3-4-5-6-7-8-2/h3-7H2,1-2H3. The van der Waals surface area contributed by atoms with Crippen molar-refractivity contribution in [3.63, 3.8) is 0 Å². The first-order valence-electron chi connectivity index (χ1n) is 3.40. The molecule has 0 nitrogen and oxygen atoms in total. The molecule has 0 heterocycles. The quantitative estimate of drug-likeness (QED) is 0.518. The summed E-state index contributed by atoms with van der Waals surface area (Å²) >= 11 is 1.95. The molecule has 0 aromatic rings. The molecule has 0 rings (SSSR count). The zero-order chi connectivity index (χ0) is 6.24. The molecule has 0 spiro atoms. The summed E-state index contributed by atoms with van der Waals surface area (Å²) in [5.74, 6) is 1.35. The van der Waals surface area contributed by atoms with Crippen LogP contribution in [0.15, 0.2) is 0 Å². The van der Waals surface area contributed by atoms with Gasteiger partial charge in [0.2, 0.25) is 0 Å². The van der Waals surface area contributed by atoms with E-state index < -0.39 is 0 Å². The van der Waals surface area contributed by atoms with Crippen molar-refractivity contribution in [3.05, 3.63) is 0 Å². The summed E-state index contributed by atoms with van der Waals surface area (Å²) in [7, 11) is 0. The molecular formula is C7H16S. The predicted molar refractivity (Wildman–Crippen MR) is 42.5 cm³/mol. The van der Waals surface area contributed by atoms with Gasteiger partial charge in [0.25, 0.3) is 0 Å². The number of hydrogen-bond acceptors (Lipinski definition) is 1. The Hall–Kier alpha value is 0.350. The molecule has 0 N–H and O–H groups in total. The normalized spacial score (nSPS) is 9.75. The Kier molecular flexibility index (Phi) is 7.67. The highest BCUT2D eigenvalue weighted by Gasteiger charge is 1.83. The van der Waals surface area contributed by atoms with E-state index in [1.54, 1.807) is 0 Å². The Bertz CT molecular complexity index is 29.4. The maximum Gasteiger partial charge on any atom is -0.00703 e. The van der Waals surface area contributed by atoms with Gasteiger partial charge in [-0.05, 0) is 18.4 Å². The summed E-state index contributed by atoms with van der Waals surface area (Å²) in [5.41, 5.74) is 0. The minimum atomic E-state index is 1.35. The van der Waals surface area contributed by atoms with Gasteiger partial charge in [-0.1, -0.05) is 26.2 Å². The fraction of sp³-hybridized carbons (Fsp3) is 1.00. The molecule has 0 aliphatic rings. The first-order chi connectivity index (χ1) is 3.91. The zero-order valence-corrected chi connectivity index (χ0v) is 6.76. The topological polar surface area (TPSA) is 0 Å². The van der Waals surface area contributed by atoms with Crippen LogP contribution in [0.25, 0.3) is 0 Å².